The van der Waals surface area contributed by atoms with Crippen LogP contribution < -0.4 is 4.90 Å². The van der Waals surface area contributed by atoms with Crippen LogP contribution in [-0.4, -0.2) is 30.8 Å². The number of pyridine rings is 1. The van der Waals surface area contributed by atoms with Gasteiger partial charge in [-0.05, 0) is 31.0 Å². The molecule has 2 unspecified atom stereocenters. The van der Waals surface area contributed by atoms with Crippen molar-refractivity contribution in [2.45, 2.75) is 31.4 Å². The first-order valence-electron chi connectivity index (χ1n) is 7.00. The molecule has 1 saturated heterocycles. The predicted molar refractivity (Wildman–Crippen MR) is 83.5 cm³/mol. The number of rotatable bonds is 3. The second kappa shape index (κ2) is 5.58. The van der Waals surface area contributed by atoms with Crippen LogP contribution >= 0.6 is 11.6 Å². The molecule has 1 aromatic carbocycles. The molecular formula is C16H19ClN2O. The molecule has 0 amide bonds. The number of para-hydroxylation sites is 1. The van der Waals surface area contributed by atoms with Gasteiger partial charge in [-0.3, -0.25) is 0 Å². The minimum atomic E-state index is 0.243. The van der Waals surface area contributed by atoms with Crippen LogP contribution in [0.5, 0.6) is 0 Å². The molecule has 0 spiro atoms. The van der Waals surface area contributed by atoms with E-state index in [0.717, 1.165) is 35.3 Å². The molecular weight excluding hydrogens is 272 g/mol. The molecule has 2 atom stereocenters. The fraction of sp³-hybridized carbons (Fsp3) is 0.438. The van der Waals surface area contributed by atoms with E-state index >= 15 is 0 Å². The molecule has 1 aliphatic heterocycles. The summed E-state index contributed by atoms with van der Waals surface area (Å²) in [5.41, 5.74) is 2.13. The molecule has 20 heavy (non-hydrogen) atoms. The summed E-state index contributed by atoms with van der Waals surface area (Å²) in [5, 5.41) is 1.13. The van der Waals surface area contributed by atoms with E-state index in [1.54, 1.807) is 0 Å². The van der Waals surface area contributed by atoms with Crippen molar-refractivity contribution in [2.24, 2.45) is 0 Å². The first-order chi connectivity index (χ1) is 9.70. The fourth-order valence-electron chi connectivity index (χ4n) is 2.92. The van der Waals surface area contributed by atoms with Crippen LogP contribution in [0.25, 0.3) is 10.9 Å². The number of fused-ring (bicyclic) bond motifs is 1. The first-order valence-corrected chi connectivity index (χ1v) is 7.53. The Bertz CT molecular complexity index is 616. The lowest BCUT2D eigenvalue weighted by Gasteiger charge is -2.28. The lowest BCUT2D eigenvalue weighted by Crippen LogP contribution is -2.37. The van der Waals surface area contributed by atoms with Crippen molar-refractivity contribution < 1.29 is 4.74 Å². The first kappa shape index (κ1) is 13.7. The van der Waals surface area contributed by atoms with Crippen LogP contribution in [0.2, 0.25) is 0 Å². The molecule has 2 heterocycles. The van der Waals surface area contributed by atoms with Crippen LogP contribution in [-0.2, 0) is 10.6 Å². The number of aromatic nitrogens is 1. The molecule has 0 radical (unpaired) electrons. The third kappa shape index (κ3) is 2.36. The summed E-state index contributed by atoms with van der Waals surface area (Å²) in [6, 6.07) is 10.6. The highest BCUT2D eigenvalue weighted by atomic mass is 35.5. The smallest absolute Gasteiger partial charge is 0.129 e. The van der Waals surface area contributed by atoms with Gasteiger partial charge in [0.2, 0.25) is 0 Å². The Morgan fingerprint density at radius 2 is 2.20 bits per heavy atom. The highest BCUT2D eigenvalue weighted by molar-refractivity contribution is 6.18. The van der Waals surface area contributed by atoms with Gasteiger partial charge in [0.15, 0.2) is 0 Å². The van der Waals surface area contributed by atoms with E-state index < -0.39 is 0 Å². The average molecular weight is 291 g/mol. The number of anilines is 1. The monoisotopic (exact) mass is 290 g/mol. The van der Waals surface area contributed by atoms with Gasteiger partial charge in [-0.2, -0.15) is 0 Å². The molecule has 1 aromatic heterocycles. The fourth-order valence-corrected chi connectivity index (χ4v) is 3.14. The standard InChI is InChI=1S/C16H19ClN2O/c1-11-15(7-8-20-11)19(2)16-9-12(10-17)13-5-3-4-6-14(13)18-16/h3-6,9,11,15H,7-8,10H2,1-2H3. The van der Waals surface area contributed by atoms with Gasteiger partial charge < -0.3 is 9.64 Å². The molecule has 4 heteroatoms. The van der Waals surface area contributed by atoms with E-state index in [1.165, 1.54) is 0 Å². The van der Waals surface area contributed by atoms with Crippen LogP contribution in [0.1, 0.15) is 18.9 Å². The number of nitrogens with zero attached hydrogens (tertiary/aromatic N) is 2. The van der Waals surface area contributed by atoms with Gasteiger partial charge in [-0.1, -0.05) is 18.2 Å². The summed E-state index contributed by atoms with van der Waals surface area (Å²) in [7, 11) is 2.09. The van der Waals surface area contributed by atoms with E-state index in [0.29, 0.717) is 11.9 Å². The van der Waals surface area contributed by atoms with Crippen LogP contribution in [0.3, 0.4) is 0 Å². The second-order valence-corrected chi connectivity index (χ2v) is 5.60. The highest BCUT2D eigenvalue weighted by Gasteiger charge is 2.28. The number of hydrogen-bond donors (Lipinski definition) is 0. The zero-order chi connectivity index (χ0) is 14.1. The number of likely N-dealkylation sites (N-methyl/N-ethyl adjacent to an activating group) is 1. The normalized spacial score (nSPS) is 22.4. The molecule has 1 aliphatic rings. The number of halogens is 1. The molecule has 3 rings (SSSR count). The Balaban J connectivity index is 2.03. The quantitative estimate of drug-likeness (QED) is 0.808. The summed E-state index contributed by atoms with van der Waals surface area (Å²) in [4.78, 5) is 7.00. The Kier molecular flexibility index (Phi) is 3.81. The molecule has 106 valence electrons. The Morgan fingerprint density at radius 1 is 1.40 bits per heavy atom. The van der Waals surface area contributed by atoms with Gasteiger partial charge in [0.05, 0.1) is 17.7 Å². The maximum absolute atomic E-state index is 6.10. The minimum absolute atomic E-state index is 0.243. The molecule has 0 bridgehead atoms. The van der Waals surface area contributed by atoms with Gasteiger partial charge in [-0.15, -0.1) is 11.6 Å². The number of hydrogen-bond acceptors (Lipinski definition) is 3. The Hall–Kier alpha value is -1.32. The van der Waals surface area contributed by atoms with Gasteiger partial charge in [-0.25, -0.2) is 4.98 Å². The largest absolute Gasteiger partial charge is 0.376 e. The average Bonchev–Trinajstić information content (AvgIpc) is 2.91. The van der Waals surface area contributed by atoms with Crippen LogP contribution in [0, 0.1) is 0 Å². The predicted octanol–water partition coefficient (Wildman–Crippen LogP) is 3.59. The Labute approximate surface area is 124 Å². The summed E-state index contributed by atoms with van der Waals surface area (Å²) in [5.74, 6) is 1.47. The minimum Gasteiger partial charge on any atom is -0.376 e. The lowest BCUT2D eigenvalue weighted by atomic mass is 10.1. The molecule has 2 aromatic rings. The summed E-state index contributed by atoms with van der Waals surface area (Å²) >= 11 is 6.10. The molecule has 0 aliphatic carbocycles. The van der Waals surface area contributed by atoms with Crippen molar-refractivity contribution in [1.29, 1.82) is 0 Å². The van der Waals surface area contributed by atoms with E-state index in [-0.39, 0.29) is 6.10 Å². The van der Waals surface area contributed by atoms with Crippen molar-refractivity contribution in [3.63, 3.8) is 0 Å². The van der Waals surface area contributed by atoms with E-state index in [9.17, 15) is 0 Å². The third-order valence-corrected chi connectivity index (χ3v) is 4.42. The van der Waals surface area contributed by atoms with Crippen LogP contribution in [0.4, 0.5) is 5.82 Å². The second-order valence-electron chi connectivity index (χ2n) is 5.33. The van der Waals surface area contributed by atoms with Crippen molar-refractivity contribution in [3.8, 4) is 0 Å². The maximum atomic E-state index is 6.10. The highest BCUT2D eigenvalue weighted by Crippen LogP contribution is 2.27. The topological polar surface area (TPSA) is 25.4 Å². The number of ether oxygens (including phenoxy) is 1. The number of alkyl halides is 1. The van der Waals surface area contributed by atoms with Crippen molar-refractivity contribution in [1.82, 2.24) is 4.98 Å². The van der Waals surface area contributed by atoms with E-state index in [1.807, 2.05) is 18.2 Å². The number of benzene rings is 1. The summed E-state index contributed by atoms with van der Waals surface area (Å²) in [6.45, 7) is 2.95. The van der Waals surface area contributed by atoms with Gasteiger partial charge in [0.25, 0.3) is 0 Å². The molecule has 1 fully saturated rings. The lowest BCUT2D eigenvalue weighted by molar-refractivity contribution is 0.118. The third-order valence-electron chi connectivity index (χ3n) is 4.13. The van der Waals surface area contributed by atoms with Gasteiger partial charge in [0.1, 0.15) is 5.82 Å². The Morgan fingerprint density at radius 3 is 2.90 bits per heavy atom. The summed E-state index contributed by atoms with van der Waals surface area (Å²) in [6.07, 6.45) is 1.29. The molecule has 0 saturated carbocycles. The summed E-state index contributed by atoms with van der Waals surface area (Å²) < 4.78 is 5.66. The molecule has 0 N–H and O–H groups in total. The SMILES string of the molecule is CC1OCCC1N(C)c1cc(CCl)c2ccccc2n1. The van der Waals surface area contributed by atoms with Crippen molar-refractivity contribution >= 4 is 28.3 Å². The molecule has 3 nitrogen and oxygen atoms in total. The van der Waals surface area contributed by atoms with E-state index in [2.05, 4.69) is 31.0 Å². The zero-order valence-corrected chi connectivity index (χ0v) is 12.6. The van der Waals surface area contributed by atoms with Crippen molar-refractivity contribution in [3.05, 3.63) is 35.9 Å². The van der Waals surface area contributed by atoms with Crippen LogP contribution in [0.15, 0.2) is 30.3 Å². The van der Waals surface area contributed by atoms with E-state index in [4.69, 9.17) is 21.3 Å². The van der Waals surface area contributed by atoms with Gasteiger partial charge >= 0.3 is 0 Å². The zero-order valence-electron chi connectivity index (χ0n) is 11.8. The van der Waals surface area contributed by atoms with Crippen molar-refractivity contribution in [2.75, 3.05) is 18.6 Å². The maximum Gasteiger partial charge on any atom is 0.129 e. The van der Waals surface area contributed by atoms with Gasteiger partial charge in [0, 0.05) is 24.9 Å².